The van der Waals surface area contributed by atoms with Gasteiger partial charge >= 0.3 is 0 Å². The maximum absolute atomic E-state index is 6.21. The molecule has 0 radical (unpaired) electrons. The van der Waals surface area contributed by atoms with Crippen molar-refractivity contribution in [2.75, 3.05) is 0 Å². The van der Waals surface area contributed by atoms with Crippen LogP contribution in [0.3, 0.4) is 0 Å². The van der Waals surface area contributed by atoms with E-state index in [1.54, 1.807) is 0 Å². The molecule has 3 rings (SSSR count). The standard InChI is InChI=1S/C15H17N/c1-15(2)9-13(16)12-8-7-10-5-3-4-6-11(10)14(12)15/h3-8,13H,9,16H2,1-2H3. The SMILES string of the molecule is CC1(C)CC(N)c2ccc3ccccc3c21. The first-order valence-corrected chi connectivity index (χ1v) is 5.87. The number of nitrogens with two attached hydrogens (primary N) is 1. The van der Waals surface area contributed by atoms with Gasteiger partial charge in [-0.3, -0.25) is 0 Å². The number of benzene rings is 2. The molecular weight excluding hydrogens is 194 g/mol. The van der Waals surface area contributed by atoms with Crippen molar-refractivity contribution in [1.29, 1.82) is 0 Å². The van der Waals surface area contributed by atoms with Gasteiger partial charge in [-0.05, 0) is 33.7 Å². The number of hydrogen-bond acceptors (Lipinski definition) is 1. The van der Waals surface area contributed by atoms with Crippen molar-refractivity contribution in [3.05, 3.63) is 47.5 Å². The minimum atomic E-state index is 0.203. The fourth-order valence-electron chi connectivity index (χ4n) is 3.11. The summed E-state index contributed by atoms with van der Waals surface area (Å²) in [5.41, 5.74) is 9.21. The number of rotatable bonds is 0. The quantitative estimate of drug-likeness (QED) is 0.709. The summed E-state index contributed by atoms with van der Waals surface area (Å²) in [6, 6.07) is 13.2. The van der Waals surface area contributed by atoms with Crippen LogP contribution >= 0.6 is 0 Å². The van der Waals surface area contributed by atoms with E-state index < -0.39 is 0 Å². The van der Waals surface area contributed by atoms with Gasteiger partial charge < -0.3 is 5.73 Å². The van der Waals surface area contributed by atoms with Gasteiger partial charge in [0.15, 0.2) is 0 Å². The maximum atomic E-state index is 6.21. The van der Waals surface area contributed by atoms with Crippen LogP contribution in [0.1, 0.15) is 37.4 Å². The van der Waals surface area contributed by atoms with Crippen molar-refractivity contribution in [3.63, 3.8) is 0 Å². The second-order valence-corrected chi connectivity index (χ2v) is 5.45. The predicted octanol–water partition coefficient (Wildman–Crippen LogP) is 3.52. The summed E-state index contributed by atoms with van der Waals surface area (Å²) in [6.45, 7) is 4.59. The summed E-state index contributed by atoms with van der Waals surface area (Å²) in [7, 11) is 0. The molecule has 0 amide bonds. The van der Waals surface area contributed by atoms with Gasteiger partial charge in [0.05, 0.1) is 0 Å². The molecule has 0 fully saturated rings. The van der Waals surface area contributed by atoms with Crippen LogP contribution < -0.4 is 5.73 Å². The normalized spacial score (nSPS) is 22.3. The van der Waals surface area contributed by atoms with Crippen molar-refractivity contribution in [2.45, 2.75) is 31.7 Å². The highest BCUT2D eigenvalue weighted by Gasteiger charge is 2.36. The van der Waals surface area contributed by atoms with E-state index in [4.69, 9.17) is 5.73 Å². The molecule has 0 spiro atoms. The number of hydrogen-bond donors (Lipinski definition) is 1. The fourth-order valence-corrected chi connectivity index (χ4v) is 3.11. The van der Waals surface area contributed by atoms with Crippen LogP contribution in [0.25, 0.3) is 10.8 Å². The van der Waals surface area contributed by atoms with Crippen LogP contribution in [0.5, 0.6) is 0 Å². The van der Waals surface area contributed by atoms with E-state index in [1.165, 1.54) is 21.9 Å². The van der Waals surface area contributed by atoms with Crippen LogP contribution in [0.2, 0.25) is 0 Å². The lowest BCUT2D eigenvalue weighted by atomic mass is 9.83. The van der Waals surface area contributed by atoms with Crippen molar-refractivity contribution >= 4 is 10.8 Å². The lowest BCUT2D eigenvalue weighted by molar-refractivity contribution is 0.483. The topological polar surface area (TPSA) is 26.0 Å². The molecule has 0 saturated heterocycles. The van der Waals surface area contributed by atoms with Crippen LogP contribution in [0, 0.1) is 0 Å². The fraction of sp³-hybridized carbons (Fsp3) is 0.333. The molecule has 1 atom stereocenters. The molecule has 0 heterocycles. The zero-order valence-corrected chi connectivity index (χ0v) is 9.83. The van der Waals surface area contributed by atoms with Gasteiger partial charge in [0.25, 0.3) is 0 Å². The van der Waals surface area contributed by atoms with E-state index in [1.807, 2.05) is 0 Å². The first kappa shape index (κ1) is 9.86. The van der Waals surface area contributed by atoms with E-state index >= 15 is 0 Å². The molecule has 1 aliphatic carbocycles. The van der Waals surface area contributed by atoms with Gasteiger partial charge in [0, 0.05) is 6.04 Å². The molecule has 1 aliphatic rings. The van der Waals surface area contributed by atoms with Gasteiger partial charge in [-0.25, -0.2) is 0 Å². The van der Waals surface area contributed by atoms with E-state index in [9.17, 15) is 0 Å². The summed E-state index contributed by atoms with van der Waals surface area (Å²) in [6.07, 6.45) is 1.05. The highest BCUT2D eigenvalue weighted by molar-refractivity contribution is 5.88. The van der Waals surface area contributed by atoms with Gasteiger partial charge in [0.1, 0.15) is 0 Å². The second-order valence-electron chi connectivity index (χ2n) is 5.45. The minimum Gasteiger partial charge on any atom is -0.324 e. The summed E-state index contributed by atoms with van der Waals surface area (Å²) < 4.78 is 0. The maximum Gasteiger partial charge on any atom is 0.0306 e. The van der Waals surface area contributed by atoms with Crippen LogP contribution in [-0.4, -0.2) is 0 Å². The van der Waals surface area contributed by atoms with E-state index in [0.29, 0.717) is 0 Å². The summed E-state index contributed by atoms with van der Waals surface area (Å²) >= 11 is 0. The van der Waals surface area contributed by atoms with Crippen LogP contribution in [0.4, 0.5) is 0 Å². The highest BCUT2D eigenvalue weighted by atomic mass is 14.7. The van der Waals surface area contributed by atoms with Gasteiger partial charge in [-0.15, -0.1) is 0 Å². The van der Waals surface area contributed by atoms with Crippen molar-refractivity contribution in [2.24, 2.45) is 5.73 Å². The molecule has 1 unspecified atom stereocenters. The van der Waals surface area contributed by atoms with Crippen molar-refractivity contribution in [3.8, 4) is 0 Å². The van der Waals surface area contributed by atoms with Crippen molar-refractivity contribution in [1.82, 2.24) is 0 Å². The van der Waals surface area contributed by atoms with E-state index in [0.717, 1.165) is 6.42 Å². The summed E-state index contributed by atoms with van der Waals surface area (Å²) in [5.74, 6) is 0. The Hall–Kier alpha value is -1.34. The second kappa shape index (κ2) is 3.08. The monoisotopic (exact) mass is 211 g/mol. The van der Waals surface area contributed by atoms with Gasteiger partial charge in [-0.1, -0.05) is 50.2 Å². The summed E-state index contributed by atoms with van der Waals surface area (Å²) in [4.78, 5) is 0. The van der Waals surface area contributed by atoms with Gasteiger partial charge in [-0.2, -0.15) is 0 Å². The van der Waals surface area contributed by atoms with Crippen LogP contribution in [-0.2, 0) is 5.41 Å². The molecule has 0 bridgehead atoms. The Morgan fingerprint density at radius 3 is 2.69 bits per heavy atom. The third kappa shape index (κ3) is 1.21. The van der Waals surface area contributed by atoms with E-state index in [-0.39, 0.29) is 11.5 Å². The molecule has 0 saturated carbocycles. The Balaban J connectivity index is 2.42. The van der Waals surface area contributed by atoms with Crippen LogP contribution in [0.15, 0.2) is 36.4 Å². The molecule has 0 aromatic heterocycles. The Labute approximate surface area is 96.3 Å². The molecule has 1 nitrogen and oxygen atoms in total. The lowest BCUT2D eigenvalue weighted by Crippen LogP contribution is -2.14. The Morgan fingerprint density at radius 2 is 1.88 bits per heavy atom. The molecule has 82 valence electrons. The predicted molar refractivity (Wildman–Crippen MR) is 68.5 cm³/mol. The largest absolute Gasteiger partial charge is 0.324 e. The molecule has 1 heteroatoms. The van der Waals surface area contributed by atoms with E-state index in [2.05, 4.69) is 50.2 Å². The third-order valence-electron chi connectivity index (χ3n) is 3.77. The zero-order chi connectivity index (χ0) is 11.3. The average molecular weight is 211 g/mol. The van der Waals surface area contributed by atoms with Crippen molar-refractivity contribution < 1.29 is 0 Å². The average Bonchev–Trinajstić information content (AvgIpc) is 2.49. The number of fused-ring (bicyclic) bond motifs is 3. The smallest absolute Gasteiger partial charge is 0.0306 e. The first-order valence-electron chi connectivity index (χ1n) is 5.87. The summed E-state index contributed by atoms with van der Waals surface area (Å²) in [5, 5.41) is 2.70. The highest BCUT2D eigenvalue weighted by Crippen LogP contribution is 2.46. The molecule has 2 aromatic rings. The Morgan fingerprint density at radius 1 is 1.12 bits per heavy atom. The zero-order valence-electron chi connectivity index (χ0n) is 9.83. The van der Waals surface area contributed by atoms with Gasteiger partial charge in [0.2, 0.25) is 0 Å². The molecule has 2 N–H and O–H groups in total. The Bertz CT molecular complexity index is 554. The molecule has 2 aromatic carbocycles. The Kier molecular flexibility index (Phi) is 1.90. The first-order chi connectivity index (χ1) is 7.59. The minimum absolute atomic E-state index is 0.203. The molecule has 16 heavy (non-hydrogen) atoms. The molecule has 0 aliphatic heterocycles. The molecular formula is C15H17N. The third-order valence-corrected chi connectivity index (χ3v) is 3.77. The lowest BCUT2D eigenvalue weighted by Gasteiger charge is -2.20.